The van der Waals surface area contributed by atoms with E-state index in [0.717, 1.165) is 32.1 Å². The highest BCUT2D eigenvalue weighted by Gasteiger charge is 2.62. The molecular formula is C19H31IO4. The van der Waals surface area contributed by atoms with E-state index in [1.54, 1.807) is 0 Å². The molecule has 0 amide bonds. The summed E-state index contributed by atoms with van der Waals surface area (Å²) in [6.07, 6.45) is 9.62. The minimum atomic E-state index is -0.465. The normalized spacial score (nSPS) is 50.0. The molecule has 0 radical (unpaired) electrons. The van der Waals surface area contributed by atoms with Crippen molar-refractivity contribution in [1.82, 2.24) is 0 Å². The molecule has 0 aromatic heterocycles. The van der Waals surface area contributed by atoms with Crippen LogP contribution in [0.5, 0.6) is 0 Å². The molecular weight excluding hydrogens is 419 g/mol. The lowest BCUT2D eigenvalue weighted by atomic mass is 9.75. The van der Waals surface area contributed by atoms with Crippen molar-refractivity contribution < 1.29 is 18.9 Å². The molecule has 4 nitrogen and oxygen atoms in total. The fraction of sp³-hybridized carbons (Fsp3) is 1.00. The molecule has 5 heteroatoms. The van der Waals surface area contributed by atoms with Gasteiger partial charge in [0.05, 0.1) is 24.4 Å². The lowest BCUT2D eigenvalue weighted by Crippen LogP contribution is -2.53. The third-order valence-electron chi connectivity index (χ3n) is 6.49. The Labute approximate surface area is 159 Å². The van der Waals surface area contributed by atoms with E-state index in [-0.39, 0.29) is 30.2 Å². The van der Waals surface area contributed by atoms with Crippen molar-refractivity contribution in [2.45, 2.75) is 106 Å². The molecule has 4 aliphatic rings. The second-order valence-electron chi connectivity index (χ2n) is 8.28. The standard InChI is InChI=1S/C19H31IO4/c1-4-5-11-19(20)23-16-12(2)14-15(13(3)17(16)24-19)22-18(21-14)9-7-6-8-10-18/h12-17H,4-11H2,1-3H3/t12-,13?,14-,15+,16+,17+,19?/m1/s1. The van der Waals surface area contributed by atoms with Crippen molar-refractivity contribution in [3.8, 4) is 0 Å². The highest BCUT2D eigenvalue weighted by atomic mass is 127. The summed E-state index contributed by atoms with van der Waals surface area (Å²) in [4.78, 5) is 0. The second kappa shape index (κ2) is 6.63. The monoisotopic (exact) mass is 450 g/mol. The topological polar surface area (TPSA) is 36.9 Å². The van der Waals surface area contributed by atoms with Crippen molar-refractivity contribution >= 4 is 22.6 Å². The summed E-state index contributed by atoms with van der Waals surface area (Å²) in [5, 5.41) is 0. The molecule has 7 atom stereocenters. The predicted octanol–water partition coefficient (Wildman–Crippen LogP) is 4.78. The third-order valence-corrected chi connectivity index (χ3v) is 7.54. The number of hydrogen-bond acceptors (Lipinski definition) is 4. The van der Waals surface area contributed by atoms with E-state index in [9.17, 15) is 0 Å². The molecule has 0 N–H and O–H groups in total. The van der Waals surface area contributed by atoms with Crippen LogP contribution in [0.2, 0.25) is 0 Å². The molecule has 2 saturated heterocycles. The van der Waals surface area contributed by atoms with Crippen molar-refractivity contribution in [3.63, 3.8) is 0 Å². The Kier molecular flexibility index (Phi) is 4.96. The number of fused-ring (bicyclic) bond motifs is 2. The van der Waals surface area contributed by atoms with Gasteiger partial charge < -0.3 is 18.9 Å². The van der Waals surface area contributed by atoms with Gasteiger partial charge in [0.15, 0.2) is 5.79 Å². The van der Waals surface area contributed by atoms with Gasteiger partial charge in [-0.05, 0) is 41.9 Å². The lowest BCUT2D eigenvalue weighted by molar-refractivity contribution is -0.201. The number of hydrogen-bond donors (Lipinski definition) is 0. The second-order valence-corrected chi connectivity index (χ2v) is 9.93. The van der Waals surface area contributed by atoms with Crippen molar-refractivity contribution in [3.05, 3.63) is 0 Å². The van der Waals surface area contributed by atoms with Gasteiger partial charge >= 0.3 is 0 Å². The van der Waals surface area contributed by atoms with Crippen molar-refractivity contribution in [2.75, 3.05) is 0 Å². The van der Waals surface area contributed by atoms with Crippen LogP contribution in [0.15, 0.2) is 0 Å². The van der Waals surface area contributed by atoms with Gasteiger partial charge in [-0.3, -0.25) is 0 Å². The molecule has 0 aromatic rings. The summed E-state index contributed by atoms with van der Waals surface area (Å²) in [6, 6.07) is 0. The van der Waals surface area contributed by atoms with Gasteiger partial charge in [-0.15, -0.1) is 0 Å². The molecule has 0 aromatic carbocycles. The molecule has 2 aliphatic carbocycles. The first kappa shape index (κ1) is 18.0. The molecule has 2 saturated carbocycles. The summed E-state index contributed by atoms with van der Waals surface area (Å²) in [7, 11) is 0. The van der Waals surface area contributed by atoms with E-state index in [1.807, 2.05) is 0 Å². The molecule has 1 spiro atoms. The zero-order valence-corrected chi connectivity index (χ0v) is 17.3. The smallest absolute Gasteiger partial charge is 0.222 e. The SMILES string of the molecule is CCCCC1(I)O[C@H]2[C@H](C)[C@H]3OC4(CCCCC4)O[C@H]3C(C)[C@@H]2O1. The quantitative estimate of drug-likeness (QED) is 0.458. The highest BCUT2D eigenvalue weighted by Crippen LogP contribution is 2.53. The molecule has 2 heterocycles. The molecule has 24 heavy (non-hydrogen) atoms. The summed E-state index contributed by atoms with van der Waals surface area (Å²) >= 11 is 2.37. The average Bonchev–Trinajstić information content (AvgIpc) is 3.11. The fourth-order valence-electron chi connectivity index (χ4n) is 5.06. The minimum absolute atomic E-state index is 0.123. The predicted molar refractivity (Wildman–Crippen MR) is 99.9 cm³/mol. The Morgan fingerprint density at radius 2 is 1.33 bits per heavy atom. The van der Waals surface area contributed by atoms with E-state index >= 15 is 0 Å². The molecule has 2 unspecified atom stereocenters. The number of rotatable bonds is 3. The van der Waals surface area contributed by atoms with E-state index in [2.05, 4.69) is 43.4 Å². The zero-order chi connectivity index (χ0) is 16.9. The Balaban J connectivity index is 1.51. The largest absolute Gasteiger partial charge is 0.344 e. The van der Waals surface area contributed by atoms with Crippen LogP contribution in [0.25, 0.3) is 0 Å². The van der Waals surface area contributed by atoms with Crippen LogP contribution in [0.1, 0.15) is 72.1 Å². The Morgan fingerprint density at radius 3 is 1.83 bits per heavy atom. The van der Waals surface area contributed by atoms with Crippen LogP contribution in [0.3, 0.4) is 0 Å². The first-order valence-corrected chi connectivity index (χ1v) is 10.9. The van der Waals surface area contributed by atoms with Crippen LogP contribution in [0.4, 0.5) is 0 Å². The van der Waals surface area contributed by atoms with Crippen molar-refractivity contribution in [1.29, 1.82) is 0 Å². The number of halogens is 1. The maximum atomic E-state index is 6.57. The van der Waals surface area contributed by atoms with Crippen LogP contribution < -0.4 is 0 Å². The van der Waals surface area contributed by atoms with Gasteiger partial charge in [0.2, 0.25) is 3.79 Å². The summed E-state index contributed by atoms with van der Waals surface area (Å²) in [5.41, 5.74) is 0. The van der Waals surface area contributed by atoms with Gasteiger partial charge in [0, 0.05) is 31.1 Å². The first-order valence-electron chi connectivity index (χ1n) is 9.87. The van der Waals surface area contributed by atoms with E-state index < -0.39 is 3.79 Å². The van der Waals surface area contributed by atoms with Gasteiger partial charge in [0.25, 0.3) is 0 Å². The zero-order valence-electron chi connectivity index (χ0n) is 15.1. The maximum Gasteiger partial charge on any atom is 0.222 e. The van der Waals surface area contributed by atoms with Gasteiger partial charge in [-0.1, -0.05) is 33.6 Å². The van der Waals surface area contributed by atoms with E-state index in [0.29, 0.717) is 11.8 Å². The first-order chi connectivity index (χ1) is 11.5. The molecule has 138 valence electrons. The number of alkyl halides is 1. The average molecular weight is 450 g/mol. The Hall–Kier alpha value is 0.570. The lowest BCUT2D eigenvalue weighted by Gasteiger charge is -2.40. The van der Waals surface area contributed by atoms with Crippen LogP contribution in [-0.4, -0.2) is 34.0 Å². The fourth-order valence-corrected chi connectivity index (χ4v) is 6.03. The van der Waals surface area contributed by atoms with Gasteiger partial charge in [-0.2, -0.15) is 0 Å². The van der Waals surface area contributed by atoms with Crippen LogP contribution in [0, 0.1) is 11.8 Å². The number of ether oxygens (including phenoxy) is 4. The van der Waals surface area contributed by atoms with Crippen molar-refractivity contribution in [2.24, 2.45) is 11.8 Å². The van der Waals surface area contributed by atoms with Gasteiger partial charge in [-0.25, -0.2) is 0 Å². The maximum absolute atomic E-state index is 6.57. The van der Waals surface area contributed by atoms with Crippen LogP contribution >= 0.6 is 22.6 Å². The van der Waals surface area contributed by atoms with E-state index in [1.165, 1.54) is 19.3 Å². The van der Waals surface area contributed by atoms with E-state index in [4.69, 9.17) is 18.9 Å². The summed E-state index contributed by atoms with van der Waals surface area (Å²) in [6.45, 7) is 6.74. The Morgan fingerprint density at radius 1 is 0.833 bits per heavy atom. The molecule has 4 rings (SSSR count). The summed E-state index contributed by atoms with van der Waals surface area (Å²) in [5.74, 6) is 0.310. The molecule has 4 fully saturated rings. The van der Waals surface area contributed by atoms with Crippen LogP contribution in [-0.2, 0) is 18.9 Å². The Bertz CT molecular complexity index is 436. The molecule has 2 aliphatic heterocycles. The van der Waals surface area contributed by atoms with Gasteiger partial charge in [0.1, 0.15) is 0 Å². The summed E-state index contributed by atoms with van der Waals surface area (Å²) < 4.78 is 25.6. The minimum Gasteiger partial charge on any atom is -0.344 e. The third kappa shape index (κ3) is 2.96. The molecule has 0 bridgehead atoms. The number of unbranched alkanes of at least 4 members (excludes halogenated alkanes) is 1. The highest BCUT2D eigenvalue weighted by molar-refractivity contribution is 14.1.